The maximum absolute atomic E-state index is 11.3. The lowest BCUT2D eigenvalue weighted by atomic mass is 9.87. The number of nitrogens with zero attached hydrogens (tertiary/aromatic N) is 1. The highest BCUT2D eigenvalue weighted by atomic mass is 16.2. The van der Waals surface area contributed by atoms with Crippen molar-refractivity contribution in [2.75, 3.05) is 27.7 Å². The summed E-state index contributed by atoms with van der Waals surface area (Å²) in [5, 5.41) is 6.18. The zero-order valence-electron chi connectivity index (χ0n) is 8.63. The predicted molar refractivity (Wildman–Crippen MR) is 52.6 cm³/mol. The summed E-state index contributed by atoms with van der Waals surface area (Å²) < 4.78 is 0. The fourth-order valence-electron chi connectivity index (χ4n) is 1.53. The molecule has 0 spiro atoms. The zero-order chi connectivity index (χ0) is 9.84. The molecule has 0 unspecified atom stereocenters. The van der Waals surface area contributed by atoms with Crippen LogP contribution in [-0.4, -0.2) is 50.6 Å². The Hall–Kier alpha value is -0.610. The molecular weight excluding hydrogens is 166 g/mol. The van der Waals surface area contributed by atoms with Crippen molar-refractivity contribution >= 4 is 5.91 Å². The number of likely N-dealkylation sites (N-methyl/N-ethyl adjacent to an activating group) is 1. The van der Waals surface area contributed by atoms with E-state index in [9.17, 15) is 4.79 Å². The zero-order valence-corrected chi connectivity index (χ0v) is 8.63. The number of hydrogen-bond acceptors (Lipinski definition) is 3. The quantitative estimate of drug-likeness (QED) is 0.615. The molecule has 1 rings (SSSR count). The van der Waals surface area contributed by atoms with E-state index in [4.69, 9.17) is 0 Å². The fourth-order valence-corrected chi connectivity index (χ4v) is 1.53. The number of rotatable bonds is 4. The van der Waals surface area contributed by atoms with Gasteiger partial charge in [0, 0.05) is 12.1 Å². The van der Waals surface area contributed by atoms with E-state index in [0.717, 1.165) is 12.8 Å². The molecule has 0 aromatic rings. The van der Waals surface area contributed by atoms with Gasteiger partial charge in [-0.3, -0.25) is 4.79 Å². The van der Waals surface area contributed by atoms with E-state index in [0.29, 0.717) is 18.6 Å². The van der Waals surface area contributed by atoms with Crippen molar-refractivity contribution in [3.05, 3.63) is 0 Å². The summed E-state index contributed by atoms with van der Waals surface area (Å²) in [7, 11) is 5.76. The number of carbonyl (C=O) groups excluding carboxylic acids is 1. The van der Waals surface area contributed by atoms with Gasteiger partial charge in [-0.2, -0.15) is 0 Å². The molecule has 0 atom stereocenters. The summed E-state index contributed by atoms with van der Waals surface area (Å²) in [4.78, 5) is 13.2. The van der Waals surface area contributed by atoms with Crippen LogP contribution in [0.3, 0.4) is 0 Å². The maximum Gasteiger partial charge on any atom is 0.234 e. The molecule has 0 saturated heterocycles. The Kier molecular flexibility index (Phi) is 3.69. The van der Waals surface area contributed by atoms with Crippen LogP contribution in [0.5, 0.6) is 0 Å². The van der Waals surface area contributed by atoms with Crippen molar-refractivity contribution in [2.45, 2.75) is 24.9 Å². The molecular formula is C9H19N3O. The third kappa shape index (κ3) is 3.32. The summed E-state index contributed by atoms with van der Waals surface area (Å²) >= 11 is 0. The average Bonchev–Trinajstić information content (AvgIpc) is 1.94. The molecule has 0 aliphatic heterocycles. The highest BCUT2D eigenvalue weighted by molar-refractivity contribution is 5.78. The van der Waals surface area contributed by atoms with Crippen molar-refractivity contribution in [1.29, 1.82) is 0 Å². The van der Waals surface area contributed by atoms with Gasteiger partial charge in [0.2, 0.25) is 5.91 Å². The van der Waals surface area contributed by atoms with Gasteiger partial charge < -0.3 is 15.5 Å². The smallest absolute Gasteiger partial charge is 0.234 e. The van der Waals surface area contributed by atoms with E-state index in [-0.39, 0.29) is 5.91 Å². The molecule has 4 nitrogen and oxygen atoms in total. The molecule has 0 radical (unpaired) electrons. The molecule has 1 fully saturated rings. The molecule has 2 N–H and O–H groups in total. The maximum atomic E-state index is 11.3. The van der Waals surface area contributed by atoms with E-state index in [1.165, 1.54) is 0 Å². The lowest BCUT2D eigenvalue weighted by molar-refractivity contribution is -0.123. The van der Waals surface area contributed by atoms with Crippen molar-refractivity contribution in [2.24, 2.45) is 0 Å². The molecule has 76 valence electrons. The molecule has 1 aliphatic carbocycles. The third-order valence-corrected chi connectivity index (χ3v) is 2.37. The first kappa shape index (κ1) is 10.5. The average molecular weight is 185 g/mol. The van der Waals surface area contributed by atoms with Crippen LogP contribution in [0.15, 0.2) is 0 Å². The van der Waals surface area contributed by atoms with Crippen molar-refractivity contribution in [3.63, 3.8) is 0 Å². The first-order chi connectivity index (χ1) is 6.11. The Morgan fingerprint density at radius 3 is 2.46 bits per heavy atom. The monoisotopic (exact) mass is 185 g/mol. The molecule has 0 bridgehead atoms. The first-order valence-electron chi connectivity index (χ1n) is 4.73. The molecule has 4 heteroatoms. The number of amides is 1. The summed E-state index contributed by atoms with van der Waals surface area (Å²) in [6, 6.07) is 0.995. The van der Waals surface area contributed by atoms with Gasteiger partial charge in [-0.1, -0.05) is 0 Å². The standard InChI is InChI=1S/C9H19N3O/c1-10-7-4-8(5-7)11-9(13)6-12(2)3/h7-8,10H,4-6H2,1-3H3,(H,11,13). The Morgan fingerprint density at radius 1 is 1.38 bits per heavy atom. The summed E-state index contributed by atoms with van der Waals surface area (Å²) in [6.45, 7) is 0.487. The Balaban J connectivity index is 2.09. The Bertz CT molecular complexity index is 176. The van der Waals surface area contributed by atoms with Gasteiger partial charge in [-0.25, -0.2) is 0 Å². The third-order valence-electron chi connectivity index (χ3n) is 2.37. The number of hydrogen-bond donors (Lipinski definition) is 2. The van der Waals surface area contributed by atoms with Gasteiger partial charge in [0.1, 0.15) is 0 Å². The van der Waals surface area contributed by atoms with Crippen LogP contribution < -0.4 is 10.6 Å². The minimum Gasteiger partial charge on any atom is -0.352 e. The predicted octanol–water partition coefficient (Wildman–Crippen LogP) is -0.585. The van der Waals surface area contributed by atoms with Gasteiger partial charge in [-0.05, 0) is 34.0 Å². The highest BCUT2D eigenvalue weighted by Gasteiger charge is 2.28. The lowest BCUT2D eigenvalue weighted by Crippen LogP contribution is -2.52. The topological polar surface area (TPSA) is 44.4 Å². The van der Waals surface area contributed by atoms with Crippen molar-refractivity contribution < 1.29 is 4.79 Å². The minimum absolute atomic E-state index is 0.129. The molecule has 0 aromatic heterocycles. The van der Waals surface area contributed by atoms with Crippen molar-refractivity contribution in [1.82, 2.24) is 15.5 Å². The Morgan fingerprint density at radius 2 is 2.00 bits per heavy atom. The first-order valence-corrected chi connectivity index (χ1v) is 4.73. The molecule has 0 aromatic carbocycles. The molecule has 0 heterocycles. The van der Waals surface area contributed by atoms with Crippen LogP contribution in [0.4, 0.5) is 0 Å². The Labute approximate surface area is 79.7 Å². The largest absolute Gasteiger partial charge is 0.352 e. The van der Waals surface area contributed by atoms with Gasteiger partial charge in [0.25, 0.3) is 0 Å². The van der Waals surface area contributed by atoms with Crippen LogP contribution in [0.25, 0.3) is 0 Å². The van der Waals surface area contributed by atoms with E-state index in [2.05, 4.69) is 10.6 Å². The number of nitrogens with one attached hydrogen (secondary N) is 2. The second-order valence-corrected chi connectivity index (χ2v) is 3.96. The normalized spacial score (nSPS) is 27.1. The van der Waals surface area contributed by atoms with Crippen LogP contribution in [0.1, 0.15) is 12.8 Å². The van der Waals surface area contributed by atoms with Crippen LogP contribution in [0, 0.1) is 0 Å². The van der Waals surface area contributed by atoms with Crippen molar-refractivity contribution in [3.8, 4) is 0 Å². The SMILES string of the molecule is CNC1CC(NC(=O)CN(C)C)C1. The number of carbonyl (C=O) groups is 1. The van der Waals surface area contributed by atoms with E-state index < -0.39 is 0 Å². The van der Waals surface area contributed by atoms with Crippen LogP contribution >= 0.6 is 0 Å². The van der Waals surface area contributed by atoms with Gasteiger partial charge in [-0.15, -0.1) is 0 Å². The van der Waals surface area contributed by atoms with Gasteiger partial charge >= 0.3 is 0 Å². The summed E-state index contributed by atoms with van der Waals surface area (Å²) in [6.07, 6.45) is 2.13. The van der Waals surface area contributed by atoms with E-state index in [1.807, 2.05) is 26.0 Å². The molecule has 1 saturated carbocycles. The molecule has 13 heavy (non-hydrogen) atoms. The minimum atomic E-state index is 0.129. The second kappa shape index (κ2) is 4.58. The van der Waals surface area contributed by atoms with E-state index in [1.54, 1.807) is 0 Å². The lowest BCUT2D eigenvalue weighted by Gasteiger charge is -2.35. The molecule has 1 amide bonds. The summed E-state index contributed by atoms with van der Waals surface area (Å²) in [5.41, 5.74) is 0. The second-order valence-electron chi connectivity index (χ2n) is 3.96. The van der Waals surface area contributed by atoms with Gasteiger partial charge in [0.05, 0.1) is 6.54 Å². The molecule has 1 aliphatic rings. The highest BCUT2D eigenvalue weighted by Crippen LogP contribution is 2.18. The van der Waals surface area contributed by atoms with Gasteiger partial charge in [0.15, 0.2) is 0 Å². The van der Waals surface area contributed by atoms with Crippen LogP contribution in [0.2, 0.25) is 0 Å². The van der Waals surface area contributed by atoms with Crippen LogP contribution in [-0.2, 0) is 4.79 Å². The fraction of sp³-hybridized carbons (Fsp3) is 0.889. The van der Waals surface area contributed by atoms with E-state index >= 15 is 0 Å². The summed E-state index contributed by atoms with van der Waals surface area (Å²) in [5.74, 6) is 0.129.